The number of nitrogens with one attached hydrogen (secondary N) is 1. The molecule has 0 fully saturated rings. The number of carbonyl (C=O) groups excluding carboxylic acids is 1. The van der Waals surface area contributed by atoms with Crippen molar-refractivity contribution in [2.45, 2.75) is 32.4 Å². The number of hydrogen-bond donors (Lipinski definition) is 3. The molecule has 0 aliphatic rings. The molecule has 6 nitrogen and oxygen atoms in total. The SMILES string of the molecule is CCC(C)[C@H](N)C(=O)NCC(OC)C(=O)O. The topological polar surface area (TPSA) is 102 Å². The summed E-state index contributed by atoms with van der Waals surface area (Å²) in [5.41, 5.74) is 5.67. The predicted octanol–water partition coefficient (Wildman–Crippen LogP) is -0.424. The summed E-state index contributed by atoms with van der Waals surface area (Å²) >= 11 is 0. The van der Waals surface area contributed by atoms with E-state index < -0.39 is 18.1 Å². The monoisotopic (exact) mass is 232 g/mol. The molecule has 3 atom stereocenters. The second-order valence-electron chi connectivity index (χ2n) is 3.72. The first kappa shape index (κ1) is 14.9. The number of carboxylic acid groups (broad SMARTS) is 1. The third kappa shape index (κ3) is 4.59. The number of carbonyl (C=O) groups is 2. The third-order valence-corrected chi connectivity index (χ3v) is 2.58. The highest BCUT2D eigenvalue weighted by Gasteiger charge is 2.22. The van der Waals surface area contributed by atoms with Gasteiger partial charge in [-0.3, -0.25) is 4.79 Å². The van der Waals surface area contributed by atoms with Gasteiger partial charge in [-0.05, 0) is 5.92 Å². The lowest BCUT2D eigenvalue weighted by molar-refractivity contribution is -0.148. The van der Waals surface area contributed by atoms with Crippen LogP contribution in [0.5, 0.6) is 0 Å². The van der Waals surface area contributed by atoms with Crippen molar-refractivity contribution >= 4 is 11.9 Å². The van der Waals surface area contributed by atoms with Crippen LogP contribution >= 0.6 is 0 Å². The van der Waals surface area contributed by atoms with Crippen molar-refractivity contribution in [3.8, 4) is 0 Å². The third-order valence-electron chi connectivity index (χ3n) is 2.58. The zero-order valence-electron chi connectivity index (χ0n) is 9.90. The van der Waals surface area contributed by atoms with Gasteiger partial charge in [0, 0.05) is 7.11 Å². The smallest absolute Gasteiger partial charge is 0.334 e. The van der Waals surface area contributed by atoms with E-state index in [1.54, 1.807) is 0 Å². The molecule has 2 unspecified atom stereocenters. The van der Waals surface area contributed by atoms with Crippen LogP contribution in [0.2, 0.25) is 0 Å². The van der Waals surface area contributed by atoms with E-state index in [0.29, 0.717) is 0 Å². The molecule has 0 rings (SSSR count). The predicted molar refractivity (Wildman–Crippen MR) is 58.9 cm³/mol. The van der Waals surface area contributed by atoms with Crippen LogP contribution in [0, 0.1) is 5.92 Å². The number of ether oxygens (including phenoxy) is 1. The first-order valence-electron chi connectivity index (χ1n) is 5.22. The van der Waals surface area contributed by atoms with Crippen molar-refractivity contribution in [3.63, 3.8) is 0 Å². The Labute approximate surface area is 95.1 Å². The van der Waals surface area contributed by atoms with E-state index in [1.165, 1.54) is 7.11 Å². The lowest BCUT2D eigenvalue weighted by Crippen LogP contribution is -2.48. The van der Waals surface area contributed by atoms with Crippen molar-refractivity contribution in [1.82, 2.24) is 5.32 Å². The molecule has 4 N–H and O–H groups in total. The van der Waals surface area contributed by atoms with E-state index >= 15 is 0 Å². The second kappa shape index (κ2) is 7.19. The van der Waals surface area contributed by atoms with Crippen molar-refractivity contribution in [1.29, 1.82) is 0 Å². The van der Waals surface area contributed by atoms with Gasteiger partial charge in [0.2, 0.25) is 5.91 Å². The molecular weight excluding hydrogens is 212 g/mol. The molecule has 0 saturated heterocycles. The summed E-state index contributed by atoms with van der Waals surface area (Å²) in [6, 6.07) is -0.615. The van der Waals surface area contributed by atoms with E-state index in [9.17, 15) is 9.59 Å². The summed E-state index contributed by atoms with van der Waals surface area (Å²) in [5, 5.41) is 11.1. The van der Waals surface area contributed by atoms with Gasteiger partial charge in [-0.1, -0.05) is 20.3 Å². The Bertz CT molecular complexity index is 245. The highest BCUT2D eigenvalue weighted by molar-refractivity contribution is 5.82. The Morgan fingerprint density at radius 1 is 1.50 bits per heavy atom. The van der Waals surface area contributed by atoms with Crippen molar-refractivity contribution in [3.05, 3.63) is 0 Å². The lowest BCUT2D eigenvalue weighted by atomic mass is 9.99. The minimum Gasteiger partial charge on any atom is -0.479 e. The van der Waals surface area contributed by atoms with Crippen molar-refractivity contribution in [2.24, 2.45) is 11.7 Å². The van der Waals surface area contributed by atoms with Crippen LogP contribution in [0.15, 0.2) is 0 Å². The summed E-state index contributed by atoms with van der Waals surface area (Å²) in [6.45, 7) is 3.73. The number of amides is 1. The van der Waals surface area contributed by atoms with Gasteiger partial charge in [-0.2, -0.15) is 0 Å². The van der Waals surface area contributed by atoms with Gasteiger partial charge in [0.25, 0.3) is 0 Å². The quantitative estimate of drug-likeness (QED) is 0.553. The van der Waals surface area contributed by atoms with Gasteiger partial charge < -0.3 is 20.9 Å². The van der Waals surface area contributed by atoms with Gasteiger partial charge in [-0.15, -0.1) is 0 Å². The minimum atomic E-state index is -1.11. The largest absolute Gasteiger partial charge is 0.479 e. The molecule has 0 heterocycles. The molecule has 0 spiro atoms. The molecule has 0 radical (unpaired) electrons. The molecule has 16 heavy (non-hydrogen) atoms. The van der Waals surface area contributed by atoms with Crippen LogP contribution in [0.3, 0.4) is 0 Å². The molecule has 0 saturated carbocycles. The van der Waals surface area contributed by atoms with Gasteiger partial charge in [0.05, 0.1) is 12.6 Å². The molecule has 0 aliphatic carbocycles. The van der Waals surface area contributed by atoms with Crippen molar-refractivity contribution < 1.29 is 19.4 Å². The highest BCUT2D eigenvalue weighted by Crippen LogP contribution is 2.04. The fourth-order valence-corrected chi connectivity index (χ4v) is 1.09. The maximum absolute atomic E-state index is 11.5. The summed E-state index contributed by atoms with van der Waals surface area (Å²) < 4.78 is 4.67. The fraction of sp³-hybridized carbons (Fsp3) is 0.800. The Morgan fingerprint density at radius 3 is 2.44 bits per heavy atom. The van der Waals surface area contributed by atoms with Gasteiger partial charge >= 0.3 is 5.97 Å². The number of nitrogens with two attached hydrogens (primary N) is 1. The molecule has 94 valence electrons. The molecule has 6 heteroatoms. The molecule has 0 aliphatic heterocycles. The lowest BCUT2D eigenvalue weighted by Gasteiger charge is -2.19. The Balaban J connectivity index is 4.10. The van der Waals surface area contributed by atoms with Gasteiger partial charge in [-0.25, -0.2) is 4.79 Å². The number of methoxy groups -OCH3 is 1. The van der Waals surface area contributed by atoms with Crippen LogP contribution in [-0.4, -0.2) is 42.8 Å². The van der Waals surface area contributed by atoms with Crippen LogP contribution in [0.1, 0.15) is 20.3 Å². The van der Waals surface area contributed by atoms with Crippen LogP contribution in [-0.2, 0) is 14.3 Å². The van der Waals surface area contributed by atoms with E-state index in [-0.39, 0.29) is 18.4 Å². The van der Waals surface area contributed by atoms with E-state index in [0.717, 1.165) is 6.42 Å². The second-order valence-corrected chi connectivity index (χ2v) is 3.72. The average molecular weight is 232 g/mol. The normalized spacial score (nSPS) is 16.2. The Hall–Kier alpha value is -1.14. The maximum atomic E-state index is 11.5. The number of aliphatic carboxylic acids is 1. The fourth-order valence-electron chi connectivity index (χ4n) is 1.09. The minimum absolute atomic E-state index is 0.0609. The van der Waals surface area contributed by atoms with E-state index in [4.69, 9.17) is 10.8 Å². The highest BCUT2D eigenvalue weighted by atomic mass is 16.5. The van der Waals surface area contributed by atoms with Gasteiger partial charge in [0.1, 0.15) is 0 Å². The average Bonchev–Trinajstić information content (AvgIpc) is 2.26. The Kier molecular flexibility index (Phi) is 6.67. The maximum Gasteiger partial charge on any atom is 0.334 e. The summed E-state index contributed by atoms with van der Waals surface area (Å²) in [7, 11) is 1.28. The number of carboxylic acids is 1. The molecular formula is C10H20N2O4. The molecule has 0 aromatic heterocycles. The van der Waals surface area contributed by atoms with Crippen molar-refractivity contribution in [2.75, 3.05) is 13.7 Å². The zero-order valence-corrected chi connectivity index (χ0v) is 9.90. The first-order chi connectivity index (χ1) is 7.43. The van der Waals surface area contributed by atoms with Gasteiger partial charge in [0.15, 0.2) is 6.10 Å². The van der Waals surface area contributed by atoms with Crippen LogP contribution in [0.25, 0.3) is 0 Å². The van der Waals surface area contributed by atoms with Crippen LogP contribution in [0.4, 0.5) is 0 Å². The molecule has 1 amide bonds. The zero-order chi connectivity index (χ0) is 12.7. The van der Waals surface area contributed by atoms with E-state index in [1.807, 2.05) is 13.8 Å². The molecule has 0 bridgehead atoms. The first-order valence-corrected chi connectivity index (χ1v) is 5.22. The Morgan fingerprint density at radius 2 is 2.06 bits per heavy atom. The number of rotatable bonds is 7. The standard InChI is InChI=1S/C10H20N2O4/c1-4-6(2)8(11)9(13)12-5-7(16-3)10(14)15/h6-8H,4-5,11H2,1-3H3,(H,12,13)(H,14,15)/t6?,7?,8-/m0/s1. The molecule has 0 aromatic carbocycles. The van der Waals surface area contributed by atoms with Crippen LogP contribution < -0.4 is 11.1 Å². The molecule has 0 aromatic rings. The van der Waals surface area contributed by atoms with E-state index in [2.05, 4.69) is 10.1 Å². The summed E-state index contributed by atoms with van der Waals surface area (Å²) in [6.07, 6.45) is -0.241. The number of hydrogen-bond acceptors (Lipinski definition) is 4. The summed E-state index contributed by atoms with van der Waals surface area (Å²) in [5.74, 6) is -1.40. The summed E-state index contributed by atoms with van der Waals surface area (Å²) in [4.78, 5) is 22.1.